The van der Waals surface area contributed by atoms with Gasteiger partial charge in [-0.1, -0.05) is 0 Å². The molecular weight excluding hydrogens is 227 g/mol. The molecule has 0 heterocycles. The van der Waals surface area contributed by atoms with Crippen LogP contribution in [0.15, 0.2) is 0 Å². The van der Waals surface area contributed by atoms with Crippen LogP contribution in [-0.2, 0) is 4.79 Å². The number of aliphatic carboxylic acids is 1. The van der Waals surface area contributed by atoms with Gasteiger partial charge in [0, 0.05) is 0 Å². The molecule has 0 radical (unpaired) electrons. The normalized spacial score (nSPS) is 12.0. The molecule has 5 nitrogen and oxygen atoms in total. The minimum atomic E-state index is -1.02. The van der Waals surface area contributed by atoms with Crippen molar-refractivity contribution in [1.82, 2.24) is 8.82 Å². The number of nitrogens with zero attached hydrogens (tertiary/aromatic N) is 2. The minimum absolute atomic E-state index is 0.343. The van der Waals surface area contributed by atoms with Gasteiger partial charge in [-0.3, -0.25) is 0 Å². The van der Waals surface area contributed by atoms with E-state index in [0.29, 0.717) is 0 Å². The molecule has 1 atom stereocenters. The van der Waals surface area contributed by atoms with Gasteiger partial charge in [-0.05, 0) is 0 Å². The number of urea groups is 1. The van der Waals surface area contributed by atoms with Crippen molar-refractivity contribution in [2.75, 3.05) is 14.1 Å². The summed E-state index contributed by atoms with van der Waals surface area (Å²) in [5, 5.41) is 8.56. The van der Waals surface area contributed by atoms with Gasteiger partial charge >= 0.3 is 78.8 Å². The summed E-state index contributed by atoms with van der Waals surface area (Å²) >= 11 is 1.93. The first-order chi connectivity index (χ1) is 5.37. The molecule has 0 aliphatic carbocycles. The molecular formula is C6H12N2O3Se. The van der Waals surface area contributed by atoms with E-state index in [4.69, 9.17) is 5.11 Å². The average Bonchev–Trinajstić information content (AvgIpc) is 2.00. The molecule has 1 unspecified atom stereocenters. The number of rotatable bonds is 2. The van der Waals surface area contributed by atoms with Crippen molar-refractivity contribution in [3.05, 3.63) is 0 Å². The Hall–Kier alpha value is -0.741. The van der Waals surface area contributed by atoms with E-state index >= 15 is 0 Å². The van der Waals surface area contributed by atoms with Crippen molar-refractivity contribution >= 4 is 28.2 Å². The zero-order chi connectivity index (χ0) is 9.89. The first-order valence-electron chi connectivity index (χ1n) is 3.30. The van der Waals surface area contributed by atoms with Crippen LogP contribution >= 0.6 is 0 Å². The Morgan fingerprint density at radius 3 is 2.08 bits per heavy atom. The topological polar surface area (TPSA) is 60.9 Å². The summed E-state index contributed by atoms with van der Waals surface area (Å²) in [6, 6.07) is -1.16. The van der Waals surface area contributed by atoms with Crippen molar-refractivity contribution in [2.24, 2.45) is 0 Å². The molecule has 0 spiro atoms. The number of hydrogen-bond donors (Lipinski definition) is 1. The van der Waals surface area contributed by atoms with Crippen LogP contribution in [0.4, 0.5) is 4.79 Å². The van der Waals surface area contributed by atoms with Crippen LogP contribution in [0.25, 0.3) is 0 Å². The molecule has 1 N–H and O–H groups in total. The number of amides is 2. The Balaban J connectivity index is 4.29. The van der Waals surface area contributed by atoms with Crippen LogP contribution in [0.1, 0.15) is 6.92 Å². The first-order valence-corrected chi connectivity index (χ1v) is 4.14. The fourth-order valence-electron chi connectivity index (χ4n) is 0.475. The molecule has 0 aromatic rings. The molecule has 0 aliphatic rings. The summed E-state index contributed by atoms with van der Waals surface area (Å²) in [5.41, 5.74) is 0. The predicted molar refractivity (Wildman–Crippen MR) is 45.2 cm³/mol. The number of hydrogen-bond acceptors (Lipinski definition) is 2. The third kappa shape index (κ3) is 2.71. The van der Waals surface area contributed by atoms with Crippen molar-refractivity contribution in [1.29, 1.82) is 0 Å². The van der Waals surface area contributed by atoms with E-state index in [0.717, 1.165) is 3.92 Å². The molecule has 0 aliphatic heterocycles. The van der Waals surface area contributed by atoms with Crippen LogP contribution in [0, 0.1) is 0 Å². The predicted octanol–water partition coefficient (Wildman–Crippen LogP) is -0.741. The van der Waals surface area contributed by atoms with Crippen LogP contribution in [0.5, 0.6) is 0 Å². The number of carbonyl (C=O) groups excluding carboxylic acids is 1. The molecule has 0 saturated heterocycles. The molecule has 0 rings (SSSR count). The zero-order valence-corrected chi connectivity index (χ0v) is 9.06. The van der Waals surface area contributed by atoms with Gasteiger partial charge < -0.3 is 0 Å². The van der Waals surface area contributed by atoms with Gasteiger partial charge in [-0.25, -0.2) is 0 Å². The van der Waals surface area contributed by atoms with Gasteiger partial charge in [0.15, 0.2) is 0 Å². The fraction of sp³-hybridized carbons (Fsp3) is 0.667. The second kappa shape index (κ2) is 4.33. The zero-order valence-electron chi connectivity index (χ0n) is 7.18. The van der Waals surface area contributed by atoms with Gasteiger partial charge in [-0.15, -0.1) is 0 Å². The van der Waals surface area contributed by atoms with Crippen LogP contribution in [-0.4, -0.2) is 62.3 Å². The molecule has 0 aromatic heterocycles. The summed E-state index contributed by atoms with van der Waals surface area (Å²) in [6.07, 6.45) is 0. The summed E-state index contributed by atoms with van der Waals surface area (Å²) in [7, 11) is 3.13. The number of carbonyl (C=O) groups is 2. The molecule has 0 aromatic carbocycles. The first kappa shape index (κ1) is 11.3. The molecule has 2 amide bonds. The van der Waals surface area contributed by atoms with Gasteiger partial charge in [0.05, 0.1) is 0 Å². The van der Waals surface area contributed by atoms with Crippen molar-refractivity contribution in [2.45, 2.75) is 13.0 Å². The molecule has 0 saturated carbocycles. The number of carboxylic acid groups (broad SMARTS) is 1. The summed E-state index contributed by atoms with van der Waals surface area (Å²) in [5.74, 6) is -1.02. The Morgan fingerprint density at radius 2 is 1.83 bits per heavy atom. The maximum absolute atomic E-state index is 11.2. The third-order valence-corrected chi connectivity index (χ3v) is 2.39. The third-order valence-electron chi connectivity index (χ3n) is 1.30. The summed E-state index contributed by atoms with van der Waals surface area (Å²) in [4.78, 5) is 22.9. The van der Waals surface area contributed by atoms with Gasteiger partial charge in [0.25, 0.3) is 0 Å². The molecule has 6 heteroatoms. The Kier molecular flexibility index (Phi) is 4.06. The quantitative estimate of drug-likeness (QED) is 0.645. The van der Waals surface area contributed by atoms with Crippen LogP contribution in [0.2, 0.25) is 0 Å². The Bertz CT molecular complexity index is 195. The summed E-state index contributed by atoms with van der Waals surface area (Å²) in [6.45, 7) is 1.45. The van der Waals surface area contributed by atoms with E-state index in [9.17, 15) is 9.59 Å². The average molecular weight is 239 g/mol. The molecule has 12 heavy (non-hydrogen) atoms. The van der Waals surface area contributed by atoms with Crippen LogP contribution < -0.4 is 0 Å². The standard InChI is InChI=1S/C6H12N2O3Se/c1-4(5(9)10)8(12)6(11)7(2)3/h4,12H,1-3H3,(H,9,10). The van der Waals surface area contributed by atoms with E-state index in [2.05, 4.69) is 0 Å². The van der Waals surface area contributed by atoms with Crippen molar-refractivity contribution in [3.63, 3.8) is 0 Å². The van der Waals surface area contributed by atoms with Gasteiger partial charge in [-0.2, -0.15) is 0 Å². The molecule has 0 bridgehead atoms. The van der Waals surface area contributed by atoms with E-state index in [-0.39, 0.29) is 6.03 Å². The summed E-state index contributed by atoms with van der Waals surface area (Å²) < 4.78 is 1.11. The second-order valence-electron chi connectivity index (χ2n) is 2.54. The Labute approximate surface area is 79.3 Å². The van der Waals surface area contributed by atoms with Crippen molar-refractivity contribution in [3.8, 4) is 0 Å². The van der Waals surface area contributed by atoms with E-state index in [1.807, 2.05) is 16.2 Å². The SMILES string of the molecule is CC(C(=O)O)N([SeH])C(=O)N(C)C. The fourth-order valence-corrected chi connectivity index (χ4v) is 1.06. The van der Waals surface area contributed by atoms with E-state index < -0.39 is 12.0 Å². The van der Waals surface area contributed by atoms with Crippen molar-refractivity contribution < 1.29 is 14.7 Å². The monoisotopic (exact) mass is 240 g/mol. The van der Waals surface area contributed by atoms with E-state index in [1.165, 1.54) is 11.8 Å². The van der Waals surface area contributed by atoms with E-state index in [1.54, 1.807) is 14.1 Å². The second-order valence-corrected chi connectivity index (χ2v) is 3.44. The molecule has 0 fully saturated rings. The van der Waals surface area contributed by atoms with Gasteiger partial charge in [0.2, 0.25) is 0 Å². The molecule has 70 valence electrons. The Morgan fingerprint density at radius 1 is 1.42 bits per heavy atom. The van der Waals surface area contributed by atoms with Crippen LogP contribution in [0.3, 0.4) is 0 Å². The number of carboxylic acids is 1. The van der Waals surface area contributed by atoms with Gasteiger partial charge in [0.1, 0.15) is 0 Å². The maximum atomic E-state index is 11.2.